The van der Waals surface area contributed by atoms with Crippen LogP contribution in [0.2, 0.25) is 0 Å². The summed E-state index contributed by atoms with van der Waals surface area (Å²) in [6.07, 6.45) is 1.80. The van der Waals surface area contributed by atoms with Gasteiger partial charge in [0.25, 0.3) is 11.6 Å². The second kappa shape index (κ2) is 9.33. The molecule has 0 bridgehead atoms. The molecule has 0 aliphatic rings. The highest BCUT2D eigenvalue weighted by molar-refractivity contribution is 7.89. The third kappa shape index (κ3) is 5.31. The van der Waals surface area contributed by atoms with Gasteiger partial charge in [0.2, 0.25) is 10.0 Å². The first kappa shape index (κ1) is 21.2. The Hall–Kier alpha value is -3.50. The lowest BCUT2D eigenvalue weighted by atomic mass is 10.2. The van der Waals surface area contributed by atoms with Gasteiger partial charge in [0.05, 0.1) is 9.82 Å². The van der Waals surface area contributed by atoms with Crippen molar-refractivity contribution in [1.29, 1.82) is 0 Å². The van der Waals surface area contributed by atoms with Crippen molar-refractivity contribution in [3.05, 3.63) is 94.3 Å². The van der Waals surface area contributed by atoms with E-state index in [1.807, 2.05) is 30.3 Å². The molecule has 0 radical (unpaired) electrons. The van der Waals surface area contributed by atoms with Crippen LogP contribution in [0.1, 0.15) is 16.1 Å². The van der Waals surface area contributed by atoms with E-state index in [1.54, 1.807) is 22.9 Å². The van der Waals surface area contributed by atoms with Crippen LogP contribution in [-0.2, 0) is 16.6 Å². The number of carbonyl (C=O) groups excluding carboxylic acids is 1. The molecule has 1 heterocycles. The summed E-state index contributed by atoms with van der Waals surface area (Å²) in [7, 11) is -3.93. The number of benzene rings is 2. The Morgan fingerprint density at radius 3 is 2.50 bits per heavy atom. The molecule has 30 heavy (non-hydrogen) atoms. The fourth-order valence-corrected chi connectivity index (χ4v) is 3.91. The summed E-state index contributed by atoms with van der Waals surface area (Å²) >= 11 is 0. The van der Waals surface area contributed by atoms with Crippen molar-refractivity contribution in [3.63, 3.8) is 0 Å². The van der Waals surface area contributed by atoms with Gasteiger partial charge in [-0.1, -0.05) is 36.4 Å². The first-order valence-electron chi connectivity index (χ1n) is 9.08. The monoisotopic (exact) mass is 428 g/mol. The minimum atomic E-state index is -3.93. The van der Waals surface area contributed by atoms with Gasteiger partial charge in [-0.15, -0.1) is 0 Å². The average molecular weight is 428 g/mol. The van der Waals surface area contributed by atoms with E-state index in [-0.39, 0.29) is 29.6 Å². The Kier molecular flexibility index (Phi) is 6.60. The number of aromatic nitrogens is 1. The number of nitro groups is 1. The van der Waals surface area contributed by atoms with E-state index in [2.05, 4.69) is 10.0 Å². The maximum absolute atomic E-state index is 12.4. The second-order valence-corrected chi connectivity index (χ2v) is 8.18. The number of nitrogens with one attached hydrogen (secondary N) is 2. The molecule has 0 fully saturated rings. The predicted octanol–water partition coefficient (Wildman–Crippen LogP) is 2.15. The normalized spacial score (nSPS) is 11.2. The first-order valence-corrected chi connectivity index (χ1v) is 10.6. The van der Waals surface area contributed by atoms with Gasteiger partial charge < -0.3 is 9.88 Å². The third-order valence-corrected chi connectivity index (χ3v) is 5.76. The van der Waals surface area contributed by atoms with Crippen LogP contribution < -0.4 is 10.0 Å². The van der Waals surface area contributed by atoms with E-state index in [1.165, 1.54) is 18.2 Å². The molecule has 10 heteroatoms. The number of nitro benzene ring substituents is 1. The van der Waals surface area contributed by atoms with Gasteiger partial charge in [-0.25, -0.2) is 13.1 Å². The van der Waals surface area contributed by atoms with E-state index in [0.717, 1.165) is 11.6 Å². The van der Waals surface area contributed by atoms with Crippen LogP contribution in [0.4, 0.5) is 5.69 Å². The van der Waals surface area contributed by atoms with Gasteiger partial charge in [0.15, 0.2) is 0 Å². The predicted molar refractivity (Wildman–Crippen MR) is 111 cm³/mol. The number of rotatable bonds is 9. The van der Waals surface area contributed by atoms with Crippen LogP contribution in [0.5, 0.6) is 0 Å². The Balaban J connectivity index is 1.55. The highest BCUT2D eigenvalue weighted by Crippen LogP contribution is 2.16. The quantitative estimate of drug-likeness (QED) is 0.307. The van der Waals surface area contributed by atoms with Crippen molar-refractivity contribution in [2.24, 2.45) is 0 Å². The van der Waals surface area contributed by atoms with Crippen molar-refractivity contribution in [3.8, 4) is 0 Å². The highest BCUT2D eigenvalue weighted by atomic mass is 32.2. The lowest BCUT2D eigenvalue weighted by Crippen LogP contribution is -2.35. The molecule has 156 valence electrons. The number of sulfonamides is 1. The lowest BCUT2D eigenvalue weighted by Gasteiger charge is -2.11. The van der Waals surface area contributed by atoms with E-state index >= 15 is 0 Å². The maximum Gasteiger partial charge on any atom is 0.270 e. The zero-order valence-electron chi connectivity index (χ0n) is 15.9. The second-order valence-electron chi connectivity index (χ2n) is 6.42. The van der Waals surface area contributed by atoms with Crippen molar-refractivity contribution in [2.45, 2.75) is 11.4 Å². The zero-order valence-corrected chi connectivity index (χ0v) is 16.7. The number of hydrogen-bond acceptors (Lipinski definition) is 5. The third-order valence-electron chi connectivity index (χ3n) is 4.30. The van der Waals surface area contributed by atoms with Crippen molar-refractivity contribution < 1.29 is 18.1 Å². The van der Waals surface area contributed by atoms with Crippen LogP contribution in [0, 0.1) is 10.1 Å². The maximum atomic E-state index is 12.4. The van der Waals surface area contributed by atoms with Gasteiger partial charge in [-0.05, 0) is 23.8 Å². The molecule has 9 nitrogen and oxygen atoms in total. The van der Waals surface area contributed by atoms with Crippen LogP contribution in [0.15, 0.2) is 77.8 Å². The van der Waals surface area contributed by atoms with Crippen LogP contribution in [0.25, 0.3) is 0 Å². The molecule has 3 aromatic rings. The van der Waals surface area contributed by atoms with Crippen LogP contribution in [0.3, 0.4) is 0 Å². The van der Waals surface area contributed by atoms with E-state index in [4.69, 9.17) is 0 Å². The van der Waals surface area contributed by atoms with Gasteiger partial charge in [0, 0.05) is 38.0 Å². The van der Waals surface area contributed by atoms with E-state index in [9.17, 15) is 23.3 Å². The minimum absolute atomic E-state index is 0.0590. The number of carbonyl (C=O) groups is 1. The number of nitrogens with zero attached hydrogens (tertiary/aromatic N) is 2. The highest BCUT2D eigenvalue weighted by Gasteiger charge is 2.17. The van der Waals surface area contributed by atoms with E-state index in [0.29, 0.717) is 12.2 Å². The number of hydrogen-bond donors (Lipinski definition) is 2. The SMILES string of the molecule is O=C(NCCNS(=O)(=O)c1cccc([N+](=O)[O-])c1)c1cccn1Cc1ccccc1. The molecule has 0 unspecified atom stereocenters. The Morgan fingerprint density at radius 2 is 1.77 bits per heavy atom. The topological polar surface area (TPSA) is 123 Å². The van der Waals surface area contributed by atoms with Crippen LogP contribution >= 0.6 is 0 Å². The molecule has 0 saturated heterocycles. The molecule has 0 saturated carbocycles. The van der Waals surface area contributed by atoms with Gasteiger partial charge in [-0.2, -0.15) is 0 Å². The fraction of sp³-hybridized carbons (Fsp3) is 0.150. The number of amides is 1. The zero-order chi connectivity index (χ0) is 21.6. The molecule has 1 amide bonds. The Bertz CT molecular complexity index is 1140. The smallest absolute Gasteiger partial charge is 0.270 e. The molecular weight excluding hydrogens is 408 g/mol. The molecule has 1 aromatic heterocycles. The summed E-state index contributed by atoms with van der Waals surface area (Å²) < 4.78 is 28.7. The standard InChI is InChI=1S/C20H20N4O5S/c25-20(19-10-5-13-23(19)15-16-6-2-1-3-7-16)21-11-12-22-30(28,29)18-9-4-8-17(14-18)24(26)27/h1-10,13-14,22H,11-12,15H2,(H,21,25). The van der Waals surface area contributed by atoms with Gasteiger partial charge in [0.1, 0.15) is 5.69 Å². The summed E-state index contributed by atoms with van der Waals surface area (Å²) in [4.78, 5) is 22.4. The summed E-state index contributed by atoms with van der Waals surface area (Å²) in [5, 5.41) is 13.5. The average Bonchev–Trinajstić information content (AvgIpc) is 3.20. The lowest BCUT2D eigenvalue weighted by molar-refractivity contribution is -0.385. The molecule has 0 aliphatic heterocycles. The first-order chi connectivity index (χ1) is 14.4. The summed E-state index contributed by atoms with van der Waals surface area (Å²) in [6.45, 7) is 0.537. The summed E-state index contributed by atoms with van der Waals surface area (Å²) in [5.74, 6) is -0.328. The van der Waals surface area contributed by atoms with Gasteiger partial charge >= 0.3 is 0 Å². The molecule has 3 rings (SSSR count). The van der Waals surface area contributed by atoms with Crippen molar-refractivity contribution in [1.82, 2.24) is 14.6 Å². The van der Waals surface area contributed by atoms with Crippen molar-refractivity contribution >= 4 is 21.6 Å². The Labute approximate surface area is 173 Å². The molecule has 0 aliphatic carbocycles. The fourth-order valence-electron chi connectivity index (χ4n) is 2.84. The molecule has 0 atom stereocenters. The number of non-ortho nitro benzene ring substituents is 1. The largest absolute Gasteiger partial charge is 0.349 e. The Morgan fingerprint density at radius 1 is 1.00 bits per heavy atom. The van der Waals surface area contributed by atoms with Crippen LogP contribution in [-0.4, -0.2) is 36.9 Å². The van der Waals surface area contributed by atoms with Crippen molar-refractivity contribution in [2.75, 3.05) is 13.1 Å². The molecule has 2 N–H and O–H groups in total. The van der Waals surface area contributed by atoms with E-state index < -0.39 is 14.9 Å². The minimum Gasteiger partial charge on any atom is -0.349 e. The molecule has 0 spiro atoms. The molecular formula is C20H20N4O5S. The summed E-state index contributed by atoms with van der Waals surface area (Å²) in [6, 6.07) is 17.9. The summed E-state index contributed by atoms with van der Waals surface area (Å²) in [5.41, 5.74) is 1.19. The van der Waals surface area contributed by atoms with Gasteiger partial charge in [-0.3, -0.25) is 14.9 Å². The molecule has 2 aromatic carbocycles.